The summed E-state index contributed by atoms with van der Waals surface area (Å²) in [6, 6.07) is 7.06. The molecule has 1 atom stereocenters. The van der Waals surface area contributed by atoms with Gasteiger partial charge in [0.05, 0.1) is 18.5 Å². The van der Waals surface area contributed by atoms with Gasteiger partial charge in [-0.3, -0.25) is 0 Å². The normalized spacial score (nSPS) is 13.7. The Morgan fingerprint density at radius 3 is 2.42 bits per heavy atom. The lowest BCUT2D eigenvalue weighted by Crippen LogP contribution is -2.36. The zero-order valence-corrected chi connectivity index (χ0v) is 11.7. The van der Waals surface area contributed by atoms with Crippen molar-refractivity contribution in [1.29, 1.82) is 0 Å². The standard InChI is InChI=1S/C12H20N2O4S/c1-14(7-12(16)8-15)19(17,18)9-11-5-3-2-4-10(11)6-13/h2-5,12,15-16H,6-9,13H2,1H3. The van der Waals surface area contributed by atoms with Gasteiger partial charge in [0, 0.05) is 20.1 Å². The maximum atomic E-state index is 12.1. The molecule has 6 nitrogen and oxygen atoms in total. The second kappa shape index (κ2) is 6.97. The Morgan fingerprint density at radius 2 is 1.89 bits per heavy atom. The van der Waals surface area contributed by atoms with Crippen LogP contribution in [-0.4, -0.2) is 49.2 Å². The van der Waals surface area contributed by atoms with Gasteiger partial charge in [-0.2, -0.15) is 0 Å². The van der Waals surface area contributed by atoms with Crippen LogP contribution in [0.15, 0.2) is 24.3 Å². The van der Waals surface area contributed by atoms with E-state index in [9.17, 15) is 13.5 Å². The van der Waals surface area contributed by atoms with Crippen molar-refractivity contribution in [2.24, 2.45) is 5.73 Å². The molecule has 0 amide bonds. The third-order valence-corrected chi connectivity index (χ3v) is 4.60. The van der Waals surface area contributed by atoms with Gasteiger partial charge in [-0.15, -0.1) is 0 Å². The molecule has 1 aromatic rings. The van der Waals surface area contributed by atoms with Crippen LogP contribution < -0.4 is 5.73 Å². The monoisotopic (exact) mass is 288 g/mol. The molecular weight excluding hydrogens is 268 g/mol. The van der Waals surface area contributed by atoms with Gasteiger partial charge in [-0.25, -0.2) is 12.7 Å². The number of nitrogens with zero attached hydrogens (tertiary/aromatic N) is 1. The van der Waals surface area contributed by atoms with Crippen LogP contribution >= 0.6 is 0 Å². The summed E-state index contributed by atoms with van der Waals surface area (Å²) in [6.07, 6.45) is -1.08. The zero-order valence-electron chi connectivity index (χ0n) is 10.9. The number of aliphatic hydroxyl groups is 2. The average Bonchev–Trinajstić information content (AvgIpc) is 2.38. The van der Waals surface area contributed by atoms with Gasteiger partial charge >= 0.3 is 0 Å². The van der Waals surface area contributed by atoms with Gasteiger partial charge in [0.1, 0.15) is 0 Å². The molecule has 4 N–H and O–H groups in total. The Bertz CT molecular complexity index is 504. The highest BCUT2D eigenvalue weighted by atomic mass is 32.2. The maximum absolute atomic E-state index is 12.1. The Labute approximate surface area is 113 Å². The first-order valence-electron chi connectivity index (χ1n) is 5.90. The molecule has 0 aliphatic carbocycles. The zero-order chi connectivity index (χ0) is 14.5. The van der Waals surface area contributed by atoms with Crippen molar-refractivity contribution < 1.29 is 18.6 Å². The number of sulfonamides is 1. The molecule has 1 aromatic carbocycles. The van der Waals surface area contributed by atoms with Crippen LogP contribution in [0.1, 0.15) is 11.1 Å². The molecule has 0 bridgehead atoms. The quantitative estimate of drug-likeness (QED) is 0.613. The summed E-state index contributed by atoms with van der Waals surface area (Å²) in [6.45, 7) is -0.336. The Kier molecular flexibility index (Phi) is 5.89. The smallest absolute Gasteiger partial charge is 0.218 e. The lowest BCUT2D eigenvalue weighted by Gasteiger charge is -2.20. The van der Waals surface area contributed by atoms with Crippen LogP contribution in [-0.2, 0) is 22.3 Å². The Balaban J connectivity index is 2.84. The number of rotatable bonds is 7. The van der Waals surface area contributed by atoms with Gasteiger partial charge in [-0.1, -0.05) is 24.3 Å². The predicted molar refractivity (Wildman–Crippen MR) is 72.7 cm³/mol. The van der Waals surface area contributed by atoms with Crippen molar-refractivity contribution in [2.75, 3.05) is 20.2 Å². The summed E-state index contributed by atoms with van der Waals surface area (Å²) < 4.78 is 25.3. The molecule has 0 aliphatic rings. The summed E-state index contributed by atoms with van der Waals surface area (Å²) in [5, 5.41) is 18.0. The van der Waals surface area contributed by atoms with E-state index in [-0.39, 0.29) is 18.8 Å². The molecule has 0 fully saturated rings. The number of aliphatic hydroxyl groups excluding tert-OH is 2. The van der Waals surface area contributed by atoms with Gasteiger partial charge in [-0.05, 0) is 11.1 Å². The van der Waals surface area contributed by atoms with Crippen LogP contribution in [0.25, 0.3) is 0 Å². The molecule has 0 heterocycles. The van der Waals surface area contributed by atoms with E-state index in [1.54, 1.807) is 24.3 Å². The van der Waals surface area contributed by atoms with E-state index in [0.717, 1.165) is 9.87 Å². The maximum Gasteiger partial charge on any atom is 0.218 e. The van der Waals surface area contributed by atoms with Crippen LogP contribution in [0.4, 0.5) is 0 Å². The van der Waals surface area contributed by atoms with E-state index in [0.29, 0.717) is 5.56 Å². The van der Waals surface area contributed by atoms with Gasteiger partial charge in [0.25, 0.3) is 0 Å². The Hall–Kier alpha value is -0.990. The van der Waals surface area contributed by atoms with Crippen molar-refractivity contribution in [3.8, 4) is 0 Å². The fourth-order valence-corrected chi connectivity index (χ4v) is 2.97. The lowest BCUT2D eigenvalue weighted by atomic mass is 10.1. The fraction of sp³-hybridized carbons (Fsp3) is 0.500. The number of hydrogen-bond donors (Lipinski definition) is 3. The average molecular weight is 288 g/mol. The number of benzene rings is 1. The molecule has 0 spiro atoms. The SMILES string of the molecule is CN(CC(O)CO)S(=O)(=O)Cc1ccccc1CN. The van der Waals surface area contributed by atoms with E-state index in [2.05, 4.69) is 0 Å². The third-order valence-electron chi connectivity index (χ3n) is 2.83. The summed E-state index contributed by atoms with van der Waals surface area (Å²) in [5.74, 6) is -0.172. The highest BCUT2D eigenvalue weighted by Crippen LogP contribution is 2.14. The second-order valence-electron chi connectivity index (χ2n) is 4.35. The van der Waals surface area contributed by atoms with Crippen molar-refractivity contribution in [2.45, 2.75) is 18.4 Å². The van der Waals surface area contributed by atoms with E-state index >= 15 is 0 Å². The number of nitrogens with two attached hydrogens (primary N) is 1. The first-order valence-corrected chi connectivity index (χ1v) is 7.51. The summed E-state index contributed by atoms with van der Waals surface area (Å²) in [5.41, 5.74) is 6.99. The first-order chi connectivity index (χ1) is 8.90. The highest BCUT2D eigenvalue weighted by molar-refractivity contribution is 7.88. The van der Waals surface area contributed by atoms with E-state index in [4.69, 9.17) is 10.8 Å². The Morgan fingerprint density at radius 1 is 1.32 bits per heavy atom. The molecular formula is C12H20N2O4S. The third kappa shape index (κ3) is 4.55. The van der Waals surface area contributed by atoms with E-state index in [1.165, 1.54) is 7.05 Å². The molecule has 0 aromatic heterocycles. The fourth-order valence-electron chi connectivity index (χ4n) is 1.67. The molecule has 108 valence electrons. The minimum atomic E-state index is -3.54. The number of likely N-dealkylation sites (N-methyl/N-ethyl adjacent to an activating group) is 1. The second-order valence-corrected chi connectivity index (χ2v) is 6.42. The van der Waals surface area contributed by atoms with Crippen molar-refractivity contribution in [1.82, 2.24) is 4.31 Å². The minimum absolute atomic E-state index is 0.135. The van der Waals surface area contributed by atoms with E-state index < -0.39 is 22.7 Å². The summed E-state index contributed by atoms with van der Waals surface area (Å²) in [7, 11) is -2.17. The van der Waals surface area contributed by atoms with Crippen LogP contribution in [0, 0.1) is 0 Å². The lowest BCUT2D eigenvalue weighted by molar-refractivity contribution is 0.0825. The van der Waals surface area contributed by atoms with Crippen molar-refractivity contribution in [3.05, 3.63) is 35.4 Å². The van der Waals surface area contributed by atoms with Crippen LogP contribution in [0.5, 0.6) is 0 Å². The van der Waals surface area contributed by atoms with E-state index in [1.807, 2.05) is 0 Å². The van der Waals surface area contributed by atoms with Crippen molar-refractivity contribution in [3.63, 3.8) is 0 Å². The van der Waals surface area contributed by atoms with Gasteiger partial charge in [0.2, 0.25) is 10.0 Å². The molecule has 0 radical (unpaired) electrons. The largest absolute Gasteiger partial charge is 0.394 e. The van der Waals surface area contributed by atoms with Gasteiger partial charge < -0.3 is 15.9 Å². The molecule has 7 heteroatoms. The molecule has 1 rings (SSSR count). The molecule has 1 unspecified atom stereocenters. The predicted octanol–water partition coefficient (Wildman–Crippen LogP) is -0.740. The van der Waals surface area contributed by atoms with Crippen molar-refractivity contribution >= 4 is 10.0 Å². The van der Waals surface area contributed by atoms with Gasteiger partial charge in [0.15, 0.2) is 0 Å². The summed E-state index contributed by atoms with van der Waals surface area (Å²) >= 11 is 0. The molecule has 0 aliphatic heterocycles. The van der Waals surface area contributed by atoms with Crippen LogP contribution in [0.2, 0.25) is 0 Å². The molecule has 19 heavy (non-hydrogen) atoms. The number of hydrogen-bond acceptors (Lipinski definition) is 5. The van der Waals surface area contributed by atoms with Crippen LogP contribution in [0.3, 0.4) is 0 Å². The summed E-state index contributed by atoms with van der Waals surface area (Å²) in [4.78, 5) is 0. The minimum Gasteiger partial charge on any atom is -0.394 e. The topological polar surface area (TPSA) is 104 Å². The first kappa shape index (κ1) is 16.1. The highest BCUT2D eigenvalue weighted by Gasteiger charge is 2.21. The molecule has 0 saturated carbocycles. The molecule has 0 saturated heterocycles.